The summed E-state index contributed by atoms with van der Waals surface area (Å²) in [7, 11) is 0. The molecule has 4 fully saturated rings. The van der Waals surface area contributed by atoms with Gasteiger partial charge in [-0.25, -0.2) is 0 Å². The third kappa shape index (κ3) is 7.75. The second kappa shape index (κ2) is 15.8. The van der Waals surface area contributed by atoms with Crippen molar-refractivity contribution < 1.29 is 19.7 Å². The van der Waals surface area contributed by atoms with Crippen LogP contribution in [0.25, 0.3) is 10.9 Å². The van der Waals surface area contributed by atoms with E-state index in [2.05, 4.69) is 50.4 Å². The number of likely N-dealkylation sites (tertiary alicyclic amines) is 1. The molecular weight excluding hydrogens is 628 g/mol. The van der Waals surface area contributed by atoms with Gasteiger partial charge in [0.05, 0.1) is 18.2 Å². The SMILES string of the molecule is O=C(c1cccc(OCCCCCNCC(O)c2ccc(O)c3[nH]c(=O)ccc23)c1)N1CCC(c2ccccc2)CC1C1CN2CCC1CC2. The summed E-state index contributed by atoms with van der Waals surface area (Å²) in [6.45, 7) is 5.98. The zero-order valence-corrected chi connectivity index (χ0v) is 28.8. The highest BCUT2D eigenvalue weighted by Gasteiger charge is 2.44. The summed E-state index contributed by atoms with van der Waals surface area (Å²) in [5.41, 5.74) is 2.80. The first-order valence-electron chi connectivity index (χ1n) is 18.5. The van der Waals surface area contributed by atoms with Gasteiger partial charge in [0, 0.05) is 42.7 Å². The van der Waals surface area contributed by atoms with Gasteiger partial charge in [-0.2, -0.15) is 0 Å². The molecule has 0 saturated carbocycles. The number of phenols is 1. The van der Waals surface area contributed by atoms with Gasteiger partial charge in [0.15, 0.2) is 0 Å². The number of rotatable bonds is 13. The first kappa shape index (κ1) is 34.3. The summed E-state index contributed by atoms with van der Waals surface area (Å²) in [6, 6.07) is 25.1. The van der Waals surface area contributed by atoms with Crippen molar-refractivity contribution in [2.45, 2.75) is 63.0 Å². The fourth-order valence-corrected chi connectivity index (χ4v) is 8.63. The molecule has 0 spiro atoms. The molecule has 1 aromatic heterocycles. The van der Waals surface area contributed by atoms with E-state index in [4.69, 9.17) is 4.74 Å². The molecule has 264 valence electrons. The standard InChI is InChI=1S/C41H50N4O5/c46-37-14-12-33(34-13-15-39(48)43-40(34)37)38(47)26-42-19-5-2-6-23-50-32-11-7-10-31(24-32)41(49)45-22-18-30(28-8-3-1-4-9-28)25-36(45)35-27-44-20-16-29(35)17-21-44/h1,3-4,7-15,24,29-30,35-36,38,42,46-47H,2,5-6,16-23,25-27H2,(H,43,48). The van der Waals surface area contributed by atoms with Crippen molar-refractivity contribution in [3.63, 3.8) is 0 Å². The Bertz CT molecular complexity index is 1800. The number of amides is 1. The first-order valence-corrected chi connectivity index (χ1v) is 18.5. The Balaban J connectivity index is 0.886. The van der Waals surface area contributed by atoms with Crippen LogP contribution in [0.2, 0.25) is 0 Å². The highest BCUT2D eigenvalue weighted by molar-refractivity contribution is 5.95. The van der Waals surface area contributed by atoms with Gasteiger partial charge in [0.25, 0.3) is 5.91 Å². The summed E-state index contributed by atoms with van der Waals surface area (Å²) in [4.78, 5) is 33.3. The fourth-order valence-electron chi connectivity index (χ4n) is 8.63. The second-order valence-corrected chi connectivity index (χ2v) is 14.4. The zero-order chi connectivity index (χ0) is 34.5. The lowest BCUT2D eigenvalue weighted by atomic mass is 9.70. The van der Waals surface area contributed by atoms with E-state index in [0.29, 0.717) is 52.9 Å². The fraction of sp³-hybridized carbons (Fsp3) is 0.463. The van der Waals surface area contributed by atoms with Crippen LogP contribution in [0.5, 0.6) is 11.5 Å². The molecule has 0 radical (unpaired) electrons. The Morgan fingerprint density at radius 1 is 0.940 bits per heavy atom. The zero-order valence-electron chi connectivity index (χ0n) is 28.8. The number of piperidine rings is 4. The average molecular weight is 679 g/mol. The van der Waals surface area contributed by atoms with Crippen molar-refractivity contribution in [3.05, 3.63) is 106 Å². The maximum absolute atomic E-state index is 14.2. The van der Waals surface area contributed by atoms with Crippen LogP contribution in [-0.2, 0) is 0 Å². The summed E-state index contributed by atoms with van der Waals surface area (Å²) < 4.78 is 6.12. The van der Waals surface area contributed by atoms with Gasteiger partial charge in [-0.05, 0) is 124 Å². The molecule has 3 aromatic carbocycles. The molecule has 4 N–H and O–H groups in total. The molecule has 5 heterocycles. The number of carbonyl (C=O) groups is 1. The number of aliphatic hydroxyl groups excluding tert-OH is 1. The third-order valence-electron chi connectivity index (χ3n) is 11.3. The molecule has 4 aliphatic rings. The number of carbonyl (C=O) groups excluding carboxylic acids is 1. The number of aromatic hydroxyl groups is 1. The van der Waals surface area contributed by atoms with Crippen molar-refractivity contribution in [1.82, 2.24) is 20.1 Å². The number of H-pyrrole nitrogens is 1. The molecular formula is C41H50N4O5. The molecule has 50 heavy (non-hydrogen) atoms. The quantitative estimate of drug-likeness (QED) is 0.131. The van der Waals surface area contributed by atoms with Crippen molar-refractivity contribution in [1.29, 1.82) is 0 Å². The predicted molar refractivity (Wildman–Crippen MR) is 196 cm³/mol. The van der Waals surface area contributed by atoms with Gasteiger partial charge in [0.2, 0.25) is 5.56 Å². The largest absolute Gasteiger partial charge is 0.506 e. The van der Waals surface area contributed by atoms with Crippen molar-refractivity contribution in [2.75, 3.05) is 45.9 Å². The summed E-state index contributed by atoms with van der Waals surface area (Å²) in [5, 5.41) is 24.8. The average Bonchev–Trinajstić information content (AvgIpc) is 3.16. The number of nitrogens with one attached hydrogen (secondary N) is 2. The third-order valence-corrected chi connectivity index (χ3v) is 11.3. The van der Waals surface area contributed by atoms with Crippen LogP contribution < -0.4 is 15.6 Å². The molecule has 9 heteroatoms. The van der Waals surface area contributed by atoms with E-state index in [0.717, 1.165) is 57.5 Å². The predicted octanol–water partition coefficient (Wildman–Crippen LogP) is 5.84. The van der Waals surface area contributed by atoms with Gasteiger partial charge in [-0.3, -0.25) is 9.59 Å². The number of benzene rings is 3. The van der Waals surface area contributed by atoms with Crippen LogP contribution in [0.3, 0.4) is 0 Å². The number of unbranched alkanes of at least 4 members (excludes halogenated alkanes) is 2. The van der Waals surface area contributed by atoms with Crippen molar-refractivity contribution in [2.24, 2.45) is 11.8 Å². The number of phenolic OH excluding ortho intramolecular Hbond substituents is 1. The number of hydrogen-bond acceptors (Lipinski definition) is 7. The topological polar surface area (TPSA) is 118 Å². The molecule has 9 nitrogen and oxygen atoms in total. The Morgan fingerprint density at radius 3 is 2.58 bits per heavy atom. The molecule has 2 bridgehead atoms. The first-order chi connectivity index (χ1) is 24.4. The van der Waals surface area contributed by atoms with Gasteiger partial charge in [-0.1, -0.05) is 42.5 Å². The van der Waals surface area contributed by atoms with Crippen LogP contribution in [0, 0.1) is 11.8 Å². The lowest BCUT2D eigenvalue weighted by Gasteiger charge is -2.52. The molecule has 4 atom stereocenters. The summed E-state index contributed by atoms with van der Waals surface area (Å²) in [6.07, 6.45) is 6.53. The van der Waals surface area contributed by atoms with E-state index >= 15 is 0 Å². The number of fused-ring (bicyclic) bond motifs is 4. The number of nitrogens with zero attached hydrogens (tertiary/aromatic N) is 2. The number of aliphatic hydroxyl groups is 1. The lowest BCUT2D eigenvalue weighted by molar-refractivity contribution is -0.0155. The van der Waals surface area contributed by atoms with Crippen LogP contribution >= 0.6 is 0 Å². The van der Waals surface area contributed by atoms with Gasteiger partial charge in [0.1, 0.15) is 11.5 Å². The number of hydrogen-bond donors (Lipinski definition) is 4. The van der Waals surface area contributed by atoms with Crippen molar-refractivity contribution >= 4 is 16.8 Å². The Morgan fingerprint density at radius 2 is 1.78 bits per heavy atom. The highest BCUT2D eigenvalue weighted by Crippen LogP contribution is 2.43. The van der Waals surface area contributed by atoms with Crippen LogP contribution in [0.4, 0.5) is 0 Å². The van der Waals surface area contributed by atoms with Gasteiger partial charge in [-0.15, -0.1) is 0 Å². The number of ether oxygens (including phenoxy) is 1. The minimum atomic E-state index is -0.775. The van der Waals surface area contributed by atoms with E-state index < -0.39 is 6.10 Å². The van der Waals surface area contributed by atoms with Gasteiger partial charge < -0.3 is 35.1 Å². The van der Waals surface area contributed by atoms with E-state index in [9.17, 15) is 19.8 Å². The van der Waals surface area contributed by atoms with Crippen LogP contribution in [0.15, 0.2) is 83.7 Å². The summed E-state index contributed by atoms with van der Waals surface area (Å²) in [5.74, 6) is 2.57. The van der Waals surface area contributed by atoms with E-state index in [1.54, 1.807) is 12.1 Å². The Hall–Kier alpha value is -4.18. The van der Waals surface area contributed by atoms with Crippen LogP contribution in [0.1, 0.15) is 78.5 Å². The maximum Gasteiger partial charge on any atom is 0.254 e. The maximum atomic E-state index is 14.2. The molecule has 4 aliphatic heterocycles. The molecule has 0 aliphatic carbocycles. The Kier molecular flexibility index (Phi) is 10.8. The number of aromatic amines is 1. The Labute approximate surface area is 294 Å². The normalized spacial score (nSPS) is 23.9. The summed E-state index contributed by atoms with van der Waals surface area (Å²) >= 11 is 0. The minimum Gasteiger partial charge on any atom is -0.506 e. The smallest absolute Gasteiger partial charge is 0.254 e. The monoisotopic (exact) mass is 678 g/mol. The van der Waals surface area contributed by atoms with E-state index in [1.165, 1.54) is 43.6 Å². The minimum absolute atomic E-state index is 0.0188. The van der Waals surface area contributed by atoms with Crippen molar-refractivity contribution in [3.8, 4) is 11.5 Å². The van der Waals surface area contributed by atoms with Crippen LogP contribution in [-0.4, -0.2) is 82.8 Å². The van der Waals surface area contributed by atoms with E-state index in [1.807, 2.05) is 24.3 Å². The number of pyridine rings is 1. The highest BCUT2D eigenvalue weighted by atomic mass is 16.5. The lowest BCUT2D eigenvalue weighted by Crippen LogP contribution is -2.58. The molecule has 8 rings (SSSR count). The second-order valence-electron chi connectivity index (χ2n) is 14.4. The molecule has 1 amide bonds. The number of aromatic nitrogens is 1. The molecule has 4 aromatic rings. The molecule has 4 saturated heterocycles. The van der Waals surface area contributed by atoms with Gasteiger partial charge >= 0.3 is 0 Å². The van der Waals surface area contributed by atoms with E-state index in [-0.39, 0.29) is 23.3 Å². The molecule has 4 unspecified atom stereocenters.